The van der Waals surface area contributed by atoms with Crippen LogP contribution >= 0.6 is 38.9 Å². The monoisotopic (exact) mass is 358 g/mol. The summed E-state index contributed by atoms with van der Waals surface area (Å²) in [5.74, 6) is 0. The van der Waals surface area contributed by atoms with Gasteiger partial charge in [0.25, 0.3) is 0 Å². The van der Waals surface area contributed by atoms with Crippen LogP contribution in [0.3, 0.4) is 0 Å². The zero-order valence-corrected chi connectivity index (χ0v) is 14.1. The normalized spacial score (nSPS) is 12.6. The Morgan fingerprint density at radius 2 is 2.26 bits per heavy atom. The summed E-state index contributed by atoms with van der Waals surface area (Å²) in [7, 11) is 0. The highest BCUT2D eigenvalue weighted by atomic mass is 79.9. The van der Waals surface area contributed by atoms with E-state index in [-0.39, 0.29) is 6.04 Å². The first-order valence-corrected chi connectivity index (χ1v) is 8.18. The third kappa shape index (κ3) is 4.02. The number of hydrogen-bond donors (Lipinski definition) is 1. The lowest BCUT2D eigenvalue weighted by molar-refractivity contribution is 0.557. The maximum Gasteiger partial charge on any atom is 0.0897 e. The molecule has 0 fully saturated rings. The van der Waals surface area contributed by atoms with Gasteiger partial charge in [0.2, 0.25) is 0 Å². The Balaban J connectivity index is 2.21. The predicted molar refractivity (Wildman–Crippen MR) is 86.1 cm³/mol. The van der Waals surface area contributed by atoms with E-state index in [1.54, 1.807) is 11.3 Å². The molecule has 1 unspecified atom stereocenters. The minimum atomic E-state index is 0.273. The molecule has 0 saturated heterocycles. The predicted octanol–water partition coefficient (Wildman–Crippen LogP) is 4.76. The number of benzene rings is 1. The second kappa shape index (κ2) is 6.84. The fourth-order valence-electron chi connectivity index (χ4n) is 1.97. The van der Waals surface area contributed by atoms with Crippen molar-refractivity contribution in [2.45, 2.75) is 26.3 Å². The van der Waals surface area contributed by atoms with Crippen molar-refractivity contribution in [1.82, 2.24) is 10.3 Å². The number of nitrogens with one attached hydrogen (secondary N) is 1. The van der Waals surface area contributed by atoms with E-state index in [1.807, 2.05) is 25.3 Å². The zero-order chi connectivity index (χ0) is 13.8. The van der Waals surface area contributed by atoms with Crippen LogP contribution in [0.4, 0.5) is 0 Å². The van der Waals surface area contributed by atoms with Crippen molar-refractivity contribution in [2.75, 3.05) is 6.54 Å². The van der Waals surface area contributed by atoms with Crippen molar-refractivity contribution in [2.24, 2.45) is 0 Å². The number of halogens is 2. The summed E-state index contributed by atoms with van der Waals surface area (Å²) in [6.45, 7) is 5.07. The number of likely N-dealkylation sites (N-methyl/N-ethyl adjacent to an activating group) is 1. The molecule has 1 heterocycles. The Kier molecular flexibility index (Phi) is 5.39. The molecule has 1 N–H and O–H groups in total. The largest absolute Gasteiger partial charge is 0.309 e. The molecule has 0 aliphatic heterocycles. The molecule has 0 spiro atoms. The zero-order valence-electron chi connectivity index (χ0n) is 10.9. The van der Waals surface area contributed by atoms with Crippen LogP contribution in [-0.4, -0.2) is 11.5 Å². The van der Waals surface area contributed by atoms with Gasteiger partial charge in [-0.15, -0.1) is 11.3 Å². The maximum atomic E-state index is 6.30. The van der Waals surface area contributed by atoms with E-state index >= 15 is 0 Å². The van der Waals surface area contributed by atoms with Crippen molar-refractivity contribution in [3.8, 4) is 0 Å². The molecule has 1 aromatic heterocycles. The molecule has 0 saturated carbocycles. The lowest BCUT2D eigenvalue weighted by Crippen LogP contribution is -2.22. The molecule has 2 nitrogen and oxygen atoms in total. The van der Waals surface area contributed by atoms with Gasteiger partial charge in [-0.1, -0.05) is 40.5 Å². The van der Waals surface area contributed by atoms with Gasteiger partial charge < -0.3 is 5.32 Å². The SMILES string of the molecule is CCNC(Cc1ccc(Br)cc1Cl)c1cnc(C)s1. The van der Waals surface area contributed by atoms with Gasteiger partial charge in [-0.05, 0) is 37.6 Å². The number of aromatic nitrogens is 1. The molecular formula is C14H16BrClN2S. The molecule has 0 aliphatic rings. The Morgan fingerprint density at radius 1 is 1.47 bits per heavy atom. The lowest BCUT2D eigenvalue weighted by atomic mass is 10.0. The van der Waals surface area contributed by atoms with Crippen molar-refractivity contribution < 1.29 is 0 Å². The lowest BCUT2D eigenvalue weighted by Gasteiger charge is -2.17. The molecule has 5 heteroatoms. The molecule has 2 aromatic rings. The van der Waals surface area contributed by atoms with Crippen LogP contribution < -0.4 is 5.32 Å². The standard InChI is InChI=1S/C14H16BrClN2S/c1-3-17-13(14-8-18-9(2)19-14)6-10-4-5-11(15)7-12(10)16/h4-5,7-8,13,17H,3,6H2,1-2H3. The molecule has 0 radical (unpaired) electrons. The van der Waals surface area contributed by atoms with Gasteiger partial charge in [0.1, 0.15) is 0 Å². The number of aryl methyl sites for hydroxylation is 1. The van der Waals surface area contributed by atoms with Gasteiger partial charge >= 0.3 is 0 Å². The summed E-state index contributed by atoms with van der Waals surface area (Å²) in [6.07, 6.45) is 2.83. The fourth-order valence-corrected chi connectivity index (χ4v) is 3.58. The first kappa shape index (κ1) is 15.0. The Bertz CT molecular complexity index is 556. The first-order valence-electron chi connectivity index (χ1n) is 6.19. The molecule has 19 heavy (non-hydrogen) atoms. The van der Waals surface area contributed by atoms with E-state index in [2.05, 4.69) is 39.2 Å². The summed E-state index contributed by atoms with van der Waals surface area (Å²) >= 11 is 11.5. The van der Waals surface area contributed by atoms with Crippen LogP contribution in [0.5, 0.6) is 0 Å². The maximum absolute atomic E-state index is 6.30. The fraction of sp³-hybridized carbons (Fsp3) is 0.357. The summed E-state index contributed by atoms with van der Waals surface area (Å²) in [6, 6.07) is 6.32. The molecule has 2 rings (SSSR count). The second-order valence-electron chi connectivity index (χ2n) is 4.33. The summed E-state index contributed by atoms with van der Waals surface area (Å²) in [5.41, 5.74) is 1.15. The molecule has 1 atom stereocenters. The van der Waals surface area contributed by atoms with Crippen molar-refractivity contribution >= 4 is 38.9 Å². The molecule has 0 aliphatic carbocycles. The van der Waals surface area contributed by atoms with Gasteiger partial charge in [-0.2, -0.15) is 0 Å². The van der Waals surface area contributed by atoms with E-state index < -0.39 is 0 Å². The van der Waals surface area contributed by atoms with Gasteiger partial charge in [-0.25, -0.2) is 4.98 Å². The Hall–Kier alpha value is -0.420. The van der Waals surface area contributed by atoms with Crippen molar-refractivity contribution in [3.05, 3.63) is 49.3 Å². The summed E-state index contributed by atoms with van der Waals surface area (Å²) in [4.78, 5) is 5.60. The third-order valence-corrected chi connectivity index (χ3v) is 4.74. The molecule has 0 bridgehead atoms. The van der Waals surface area contributed by atoms with Gasteiger partial charge in [0.05, 0.1) is 5.01 Å². The summed E-state index contributed by atoms with van der Waals surface area (Å²) < 4.78 is 1.01. The smallest absolute Gasteiger partial charge is 0.0897 e. The van der Waals surface area contributed by atoms with Crippen LogP contribution in [0.15, 0.2) is 28.9 Å². The molecular weight excluding hydrogens is 344 g/mol. The van der Waals surface area contributed by atoms with E-state index in [1.165, 1.54) is 4.88 Å². The van der Waals surface area contributed by atoms with Crippen LogP contribution in [0, 0.1) is 6.92 Å². The van der Waals surface area contributed by atoms with E-state index in [0.29, 0.717) is 0 Å². The topological polar surface area (TPSA) is 24.9 Å². The van der Waals surface area contributed by atoms with Gasteiger partial charge in [-0.3, -0.25) is 0 Å². The van der Waals surface area contributed by atoms with Crippen LogP contribution in [0.2, 0.25) is 5.02 Å². The van der Waals surface area contributed by atoms with Crippen molar-refractivity contribution in [1.29, 1.82) is 0 Å². The molecule has 0 amide bonds. The highest BCUT2D eigenvalue weighted by molar-refractivity contribution is 9.10. The van der Waals surface area contributed by atoms with Gasteiger partial charge in [0.15, 0.2) is 0 Å². The Labute approximate surface area is 131 Å². The Morgan fingerprint density at radius 3 is 2.84 bits per heavy atom. The number of nitrogens with zero attached hydrogens (tertiary/aromatic N) is 1. The quantitative estimate of drug-likeness (QED) is 0.832. The number of rotatable bonds is 5. The summed E-state index contributed by atoms with van der Waals surface area (Å²) in [5, 5.41) is 5.40. The second-order valence-corrected chi connectivity index (χ2v) is 6.92. The van der Waals surface area contributed by atoms with Crippen molar-refractivity contribution in [3.63, 3.8) is 0 Å². The highest BCUT2D eigenvalue weighted by Gasteiger charge is 2.15. The van der Waals surface area contributed by atoms with Crippen LogP contribution in [-0.2, 0) is 6.42 Å². The van der Waals surface area contributed by atoms with Crippen LogP contribution in [0.25, 0.3) is 0 Å². The van der Waals surface area contributed by atoms with E-state index in [0.717, 1.165) is 33.0 Å². The minimum Gasteiger partial charge on any atom is -0.309 e. The van der Waals surface area contributed by atoms with Crippen LogP contribution in [0.1, 0.15) is 28.4 Å². The average molecular weight is 360 g/mol. The first-order chi connectivity index (χ1) is 9.10. The van der Waals surface area contributed by atoms with E-state index in [4.69, 9.17) is 11.6 Å². The van der Waals surface area contributed by atoms with Gasteiger partial charge in [0, 0.05) is 26.6 Å². The number of thiazole rings is 1. The van der Waals surface area contributed by atoms with E-state index in [9.17, 15) is 0 Å². The molecule has 1 aromatic carbocycles. The highest BCUT2D eigenvalue weighted by Crippen LogP contribution is 2.28. The number of hydrogen-bond acceptors (Lipinski definition) is 3. The average Bonchev–Trinajstić information content (AvgIpc) is 2.78. The molecule has 102 valence electrons. The third-order valence-electron chi connectivity index (χ3n) is 2.87. The minimum absolute atomic E-state index is 0.273.